The van der Waals surface area contributed by atoms with E-state index in [0.29, 0.717) is 18.4 Å². The Hall–Kier alpha value is -1.70. The predicted molar refractivity (Wildman–Crippen MR) is 131 cm³/mol. The van der Waals surface area contributed by atoms with Crippen molar-refractivity contribution in [3.63, 3.8) is 0 Å². The van der Waals surface area contributed by atoms with Crippen LogP contribution in [0.3, 0.4) is 0 Å². The summed E-state index contributed by atoms with van der Waals surface area (Å²) < 4.78 is 17.9. The molecule has 3 aliphatic heterocycles. The van der Waals surface area contributed by atoms with E-state index in [-0.39, 0.29) is 53.6 Å². The smallest absolute Gasteiger partial charge is 0.334 e. The van der Waals surface area contributed by atoms with Gasteiger partial charge in [-0.2, -0.15) is 0 Å². The highest BCUT2D eigenvalue weighted by Gasteiger charge is 2.70. The normalized spacial score (nSPS) is 48.5. The number of rotatable bonds is 3. The van der Waals surface area contributed by atoms with Crippen molar-refractivity contribution in [2.24, 2.45) is 29.1 Å². The summed E-state index contributed by atoms with van der Waals surface area (Å²) in [6.07, 6.45) is 6.98. The van der Waals surface area contributed by atoms with Crippen LogP contribution < -0.4 is 0 Å². The van der Waals surface area contributed by atoms with Gasteiger partial charge < -0.3 is 24.4 Å². The first kappa shape index (κ1) is 24.6. The molecule has 0 radical (unpaired) electrons. The zero-order chi connectivity index (χ0) is 25.8. The minimum atomic E-state index is -0.954. The van der Waals surface area contributed by atoms with E-state index in [1.54, 1.807) is 13.0 Å². The van der Waals surface area contributed by atoms with Gasteiger partial charge in [-0.15, -0.1) is 0 Å². The van der Waals surface area contributed by atoms with E-state index in [4.69, 9.17) is 14.2 Å². The fraction of sp³-hybridized carbons (Fsp3) is 0.793. The summed E-state index contributed by atoms with van der Waals surface area (Å²) in [6.45, 7) is 10.3. The van der Waals surface area contributed by atoms with Crippen molar-refractivity contribution in [1.29, 1.82) is 0 Å². The number of ether oxygens (including phenoxy) is 3. The molecule has 3 aliphatic carbocycles. The number of aliphatic hydroxyl groups excluding tert-OH is 1. The molecule has 0 bridgehead atoms. The lowest BCUT2D eigenvalue weighted by molar-refractivity contribution is -0.163. The number of esters is 2. The molecule has 36 heavy (non-hydrogen) atoms. The third kappa shape index (κ3) is 3.21. The van der Waals surface area contributed by atoms with Crippen molar-refractivity contribution >= 4 is 11.9 Å². The number of hydrogen-bond donors (Lipinski definition) is 2. The summed E-state index contributed by atoms with van der Waals surface area (Å²) in [6, 6.07) is 0. The van der Waals surface area contributed by atoms with Crippen LogP contribution in [0.5, 0.6) is 0 Å². The Morgan fingerprint density at radius 1 is 1.14 bits per heavy atom. The van der Waals surface area contributed by atoms with E-state index >= 15 is 0 Å². The Morgan fingerprint density at radius 2 is 1.89 bits per heavy atom. The van der Waals surface area contributed by atoms with Gasteiger partial charge in [0.15, 0.2) is 0 Å². The van der Waals surface area contributed by atoms with Crippen molar-refractivity contribution in [2.45, 2.75) is 115 Å². The zero-order valence-corrected chi connectivity index (χ0v) is 22.1. The molecule has 7 heteroatoms. The SMILES string of the molecule is CC1=C[C@@H]([C@@H](O)[C@@H](C)[C@H]2CC=C3[C@@H]4CC[C@H]5C(C)(C)O[C@@H]6CC(=O)O[C@@]65C[C@@]4(O)CC[C@@]32C)OC1=O. The zero-order valence-electron chi connectivity index (χ0n) is 22.1. The Labute approximate surface area is 213 Å². The van der Waals surface area contributed by atoms with Crippen LogP contribution >= 0.6 is 0 Å². The number of cyclic esters (lactones) is 1. The van der Waals surface area contributed by atoms with Crippen LogP contribution in [0, 0.1) is 29.1 Å². The standard InChI is InChI=1S/C29H40O7/c1-15-12-20(34-25(15)32)24(31)16(2)17-6-7-18-19-8-9-21-26(3,4)35-22-13-23(30)36-29(21,22)14-28(19,33)11-10-27(17,18)5/h7,12,16-17,19-22,24,31,33H,6,8-11,13-14H2,1-5H3/t16-,17+,19-,20-,21-,22+,24-,27+,28-,29+/m0/s1. The lowest BCUT2D eigenvalue weighted by Gasteiger charge is -2.52. The molecule has 4 fully saturated rings. The summed E-state index contributed by atoms with van der Waals surface area (Å²) >= 11 is 0. The lowest BCUT2D eigenvalue weighted by Crippen LogP contribution is -2.54. The van der Waals surface area contributed by atoms with Crippen LogP contribution in [-0.4, -0.2) is 57.3 Å². The molecule has 0 aromatic heterocycles. The maximum Gasteiger partial charge on any atom is 0.334 e. The first-order valence-electron chi connectivity index (χ1n) is 13.7. The van der Waals surface area contributed by atoms with Crippen molar-refractivity contribution in [2.75, 3.05) is 0 Å². The largest absolute Gasteiger partial charge is 0.456 e. The second-order valence-corrected chi connectivity index (χ2v) is 13.3. The highest BCUT2D eigenvalue weighted by atomic mass is 16.6. The summed E-state index contributed by atoms with van der Waals surface area (Å²) in [7, 11) is 0. The van der Waals surface area contributed by atoms with Crippen LogP contribution in [0.4, 0.5) is 0 Å². The molecule has 0 aromatic carbocycles. The molecule has 3 heterocycles. The molecule has 10 atom stereocenters. The van der Waals surface area contributed by atoms with Gasteiger partial charge in [0.25, 0.3) is 0 Å². The average molecular weight is 501 g/mol. The van der Waals surface area contributed by atoms with Crippen molar-refractivity contribution in [3.8, 4) is 0 Å². The molecular weight excluding hydrogens is 460 g/mol. The van der Waals surface area contributed by atoms with Gasteiger partial charge >= 0.3 is 11.9 Å². The number of fused-ring (bicyclic) bond motifs is 3. The second-order valence-electron chi connectivity index (χ2n) is 13.3. The number of hydrogen-bond acceptors (Lipinski definition) is 7. The first-order chi connectivity index (χ1) is 16.8. The number of aliphatic hydroxyl groups is 2. The van der Waals surface area contributed by atoms with Gasteiger partial charge in [-0.3, -0.25) is 4.79 Å². The van der Waals surface area contributed by atoms with Gasteiger partial charge in [-0.25, -0.2) is 4.79 Å². The Bertz CT molecular complexity index is 1060. The second kappa shape index (κ2) is 7.67. The fourth-order valence-electron chi connectivity index (χ4n) is 9.27. The molecule has 2 N–H and O–H groups in total. The van der Waals surface area contributed by atoms with Gasteiger partial charge in [0, 0.05) is 23.8 Å². The molecule has 6 aliphatic rings. The summed E-state index contributed by atoms with van der Waals surface area (Å²) in [4.78, 5) is 24.3. The van der Waals surface area contributed by atoms with Gasteiger partial charge in [-0.05, 0) is 76.2 Å². The van der Waals surface area contributed by atoms with Crippen LogP contribution in [0.1, 0.15) is 79.6 Å². The van der Waals surface area contributed by atoms with Gasteiger partial charge in [0.05, 0.1) is 23.7 Å². The van der Waals surface area contributed by atoms with E-state index < -0.39 is 29.0 Å². The summed E-state index contributed by atoms with van der Waals surface area (Å²) in [5, 5.41) is 23.4. The van der Waals surface area contributed by atoms with Gasteiger partial charge in [-0.1, -0.05) is 25.5 Å². The fourth-order valence-corrected chi connectivity index (χ4v) is 9.27. The van der Waals surface area contributed by atoms with Gasteiger partial charge in [0.2, 0.25) is 0 Å². The molecule has 198 valence electrons. The van der Waals surface area contributed by atoms with Crippen LogP contribution in [0.2, 0.25) is 0 Å². The minimum Gasteiger partial charge on any atom is -0.456 e. The van der Waals surface area contributed by atoms with Crippen LogP contribution in [0.15, 0.2) is 23.3 Å². The maximum atomic E-state index is 12.4. The molecule has 7 nitrogen and oxygen atoms in total. The first-order valence-corrected chi connectivity index (χ1v) is 13.7. The predicted octanol–water partition coefficient (Wildman–Crippen LogP) is 3.61. The molecule has 0 amide bonds. The Kier molecular flexibility index (Phi) is 5.25. The average Bonchev–Trinajstić information content (AvgIpc) is 3.42. The van der Waals surface area contributed by atoms with E-state index in [9.17, 15) is 19.8 Å². The van der Waals surface area contributed by atoms with E-state index in [2.05, 4.69) is 33.8 Å². The van der Waals surface area contributed by atoms with E-state index in [1.165, 1.54) is 5.57 Å². The number of allylic oxidation sites excluding steroid dienone is 1. The minimum absolute atomic E-state index is 0.00670. The lowest BCUT2D eigenvalue weighted by atomic mass is 9.55. The van der Waals surface area contributed by atoms with E-state index in [0.717, 1.165) is 25.7 Å². The molecule has 0 unspecified atom stereocenters. The molecular formula is C29H40O7. The molecule has 2 saturated heterocycles. The quantitative estimate of drug-likeness (QED) is 0.451. The highest BCUT2D eigenvalue weighted by molar-refractivity contribution is 5.90. The number of carbonyl (C=O) groups excluding carboxylic acids is 2. The Morgan fingerprint density at radius 3 is 2.58 bits per heavy atom. The topological polar surface area (TPSA) is 102 Å². The number of carbonyl (C=O) groups is 2. The summed E-state index contributed by atoms with van der Waals surface area (Å²) in [5.41, 5.74) is -0.416. The molecule has 2 saturated carbocycles. The molecule has 6 rings (SSSR count). The summed E-state index contributed by atoms with van der Waals surface area (Å²) in [5.74, 6) is -0.417. The third-order valence-corrected chi connectivity index (χ3v) is 11.1. The van der Waals surface area contributed by atoms with Crippen molar-refractivity contribution < 1.29 is 34.0 Å². The van der Waals surface area contributed by atoms with Crippen LogP contribution in [-0.2, 0) is 23.8 Å². The Balaban J connectivity index is 1.28. The maximum absolute atomic E-state index is 12.4. The third-order valence-electron chi connectivity index (χ3n) is 11.1. The van der Waals surface area contributed by atoms with Crippen molar-refractivity contribution in [1.82, 2.24) is 0 Å². The van der Waals surface area contributed by atoms with E-state index in [1.807, 2.05) is 0 Å². The molecule has 1 spiro atoms. The molecule has 0 aromatic rings. The van der Waals surface area contributed by atoms with Crippen LogP contribution in [0.25, 0.3) is 0 Å². The highest BCUT2D eigenvalue weighted by Crippen LogP contribution is 2.66. The van der Waals surface area contributed by atoms with Gasteiger partial charge in [0.1, 0.15) is 17.8 Å². The van der Waals surface area contributed by atoms with Crippen molar-refractivity contribution in [3.05, 3.63) is 23.3 Å². The monoisotopic (exact) mass is 500 g/mol.